The molecule has 1 aliphatic rings. The van der Waals surface area contributed by atoms with Crippen LogP contribution in [0.15, 0.2) is 29.2 Å². The average molecular weight is 335 g/mol. The molecule has 2 rings (SSSR count). The molecular formula is C17H25N3O2S. The predicted molar refractivity (Wildman–Crippen MR) is 94.0 cm³/mol. The van der Waals surface area contributed by atoms with Crippen molar-refractivity contribution in [3.8, 4) is 0 Å². The molecule has 1 aromatic carbocycles. The first kappa shape index (κ1) is 17.7. The lowest BCUT2D eigenvalue weighted by Gasteiger charge is -2.23. The van der Waals surface area contributed by atoms with Crippen LogP contribution >= 0.6 is 11.8 Å². The van der Waals surface area contributed by atoms with Crippen molar-refractivity contribution in [3.63, 3.8) is 0 Å². The summed E-state index contributed by atoms with van der Waals surface area (Å²) in [6.07, 6.45) is 2.82. The molecule has 5 nitrogen and oxygen atoms in total. The molecule has 6 heteroatoms. The van der Waals surface area contributed by atoms with E-state index in [9.17, 15) is 9.59 Å². The van der Waals surface area contributed by atoms with Crippen LogP contribution in [0.1, 0.15) is 30.6 Å². The molecule has 1 aliphatic heterocycles. The normalized spacial score (nSPS) is 15.5. The summed E-state index contributed by atoms with van der Waals surface area (Å²) in [6, 6.07) is 7.78. The SMILES string of the molecule is CSc1ccc(C(=O)N2CCCN(C(=O)NC(C)C)CC2)cc1. The van der Waals surface area contributed by atoms with Crippen LogP contribution in [0, 0.1) is 0 Å². The molecule has 1 saturated heterocycles. The zero-order valence-corrected chi connectivity index (χ0v) is 14.9. The topological polar surface area (TPSA) is 52.7 Å². The minimum Gasteiger partial charge on any atom is -0.337 e. The Hall–Kier alpha value is -1.69. The fourth-order valence-electron chi connectivity index (χ4n) is 2.58. The molecule has 1 aromatic rings. The lowest BCUT2D eigenvalue weighted by Crippen LogP contribution is -2.44. The average Bonchev–Trinajstić information content (AvgIpc) is 2.80. The van der Waals surface area contributed by atoms with Gasteiger partial charge >= 0.3 is 6.03 Å². The molecule has 0 bridgehead atoms. The Bertz CT molecular complexity index is 545. The summed E-state index contributed by atoms with van der Waals surface area (Å²) in [7, 11) is 0. The van der Waals surface area contributed by atoms with Gasteiger partial charge in [-0.05, 0) is 50.8 Å². The smallest absolute Gasteiger partial charge is 0.317 e. The van der Waals surface area contributed by atoms with Gasteiger partial charge in [0, 0.05) is 42.7 Å². The fraction of sp³-hybridized carbons (Fsp3) is 0.529. The molecule has 0 atom stereocenters. The van der Waals surface area contributed by atoms with E-state index in [-0.39, 0.29) is 18.0 Å². The van der Waals surface area contributed by atoms with Gasteiger partial charge in [-0.3, -0.25) is 4.79 Å². The molecule has 0 spiro atoms. The van der Waals surface area contributed by atoms with Crippen molar-refractivity contribution in [1.29, 1.82) is 0 Å². The molecule has 0 saturated carbocycles. The van der Waals surface area contributed by atoms with Crippen LogP contribution in [-0.2, 0) is 0 Å². The molecule has 23 heavy (non-hydrogen) atoms. The molecule has 126 valence electrons. The minimum absolute atomic E-state index is 0.0429. The molecule has 0 unspecified atom stereocenters. The van der Waals surface area contributed by atoms with E-state index in [1.165, 1.54) is 0 Å². The van der Waals surface area contributed by atoms with Gasteiger partial charge in [0.25, 0.3) is 5.91 Å². The highest BCUT2D eigenvalue weighted by molar-refractivity contribution is 7.98. The fourth-order valence-corrected chi connectivity index (χ4v) is 2.99. The van der Waals surface area contributed by atoms with Crippen molar-refractivity contribution in [2.24, 2.45) is 0 Å². The van der Waals surface area contributed by atoms with Crippen LogP contribution in [0.5, 0.6) is 0 Å². The number of carbonyl (C=O) groups excluding carboxylic acids is 2. The standard InChI is InChI=1S/C17H25N3O2S/c1-13(2)18-17(22)20-10-4-9-19(11-12-20)16(21)14-5-7-15(23-3)8-6-14/h5-8,13H,4,9-12H2,1-3H3,(H,18,22). The second kappa shape index (κ2) is 8.24. The van der Waals surface area contributed by atoms with E-state index < -0.39 is 0 Å². The Balaban J connectivity index is 1.96. The second-order valence-electron chi connectivity index (χ2n) is 5.97. The number of carbonyl (C=O) groups is 2. The molecule has 0 aromatic heterocycles. The van der Waals surface area contributed by atoms with Gasteiger partial charge in [0.05, 0.1) is 0 Å². The number of nitrogens with zero attached hydrogens (tertiary/aromatic N) is 2. The minimum atomic E-state index is -0.0429. The third-order valence-corrected chi connectivity index (χ3v) is 4.56. The Labute approximate surface area is 142 Å². The molecular weight excluding hydrogens is 310 g/mol. The summed E-state index contributed by atoms with van der Waals surface area (Å²) in [4.78, 5) is 29.5. The number of amides is 3. The Morgan fingerprint density at radius 3 is 2.26 bits per heavy atom. The van der Waals surface area contributed by atoms with Gasteiger partial charge in [-0.25, -0.2) is 4.79 Å². The number of nitrogens with one attached hydrogen (secondary N) is 1. The maximum absolute atomic E-state index is 12.6. The highest BCUT2D eigenvalue weighted by Crippen LogP contribution is 2.16. The maximum atomic E-state index is 12.6. The lowest BCUT2D eigenvalue weighted by molar-refractivity contribution is 0.0762. The van der Waals surface area contributed by atoms with Crippen LogP contribution < -0.4 is 5.32 Å². The zero-order chi connectivity index (χ0) is 16.8. The van der Waals surface area contributed by atoms with Gasteiger partial charge < -0.3 is 15.1 Å². The molecule has 3 amide bonds. The summed E-state index contributed by atoms with van der Waals surface area (Å²) in [5, 5.41) is 2.91. The first-order chi connectivity index (χ1) is 11.0. The molecule has 0 aliphatic carbocycles. The van der Waals surface area contributed by atoms with E-state index in [1.54, 1.807) is 16.7 Å². The Morgan fingerprint density at radius 2 is 1.65 bits per heavy atom. The van der Waals surface area contributed by atoms with Crippen molar-refractivity contribution in [2.45, 2.75) is 31.2 Å². The van der Waals surface area contributed by atoms with Crippen LogP contribution in [-0.4, -0.2) is 60.2 Å². The quantitative estimate of drug-likeness (QED) is 0.864. The third-order valence-electron chi connectivity index (χ3n) is 3.82. The van der Waals surface area contributed by atoms with Gasteiger partial charge in [0.1, 0.15) is 0 Å². The van der Waals surface area contributed by atoms with Crippen LogP contribution in [0.2, 0.25) is 0 Å². The van der Waals surface area contributed by atoms with E-state index in [0.717, 1.165) is 11.3 Å². The highest BCUT2D eigenvalue weighted by Gasteiger charge is 2.22. The van der Waals surface area contributed by atoms with E-state index >= 15 is 0 Å². The van der Waals surface area contributed by atoms with Crippen molar-refractivity contribution < 1.29 is 9.59 Å². The third kappa shape index (κ3) is 4.89. The summed E-state index contributed by atoms with van der Waals surface area (Å²) >= 11 is 1.66. The van der Waals surface area contributed by atoms with Crippen molar-refractivity contribution in [2.75, 3.05) is 32.4 Å². The number of benzene rings is 1. The number of urea groups is 1. The van der Waals surface area contributed by atoms with E-state index in [1.807, 2.05) is 49.3 Å². The van der Waals surface area contributed by atoms with Crippen LogP contribution in [0.3, 0.4) is 0 Å². The molecule has 0 radical (unpaired) electrons. The lowest BCUT2D eigenvalue weighted by atomic mass is 10.2. The summed E-state index contributed by atoms with van der Waals surface area (Å²) in [5.41, 5.74) is 0.711. The van der Waals surface area contributed by atoms with Gasteiger partial charge in [-0.2, -0.15) is 0 Å². The maximum Gasteiger partial charge on any atom is 0.317 e. The van der Waals surface area contributed by atoms with Crippen molar-refractivity contribution in [3.05, 3.63) is 29.8 Å². The van der Waals surface area contributed by atoms with E-state index in [0.29, 0.717) is 31.7 Å². The number of thioether (sulfide) groups is 1. The van der Waals surface area contributed by atoms with Gasteiger partial charge in [0.2, 0.25) is 0 Å². The summed E-state index contributed by atoms with van der Waals surface area (Å²) < 4.78 is 0. The zero-order valence-electron chi connectivity index (χ0n) is 14.0. The summed E-state index contributed by atoms with van der Waals surface area (Å²) in [5.74, 6) is 0.0452. The molecule has 1 heterocycles. The van der Waals surface area contributed by atoms with Crippen LogP contribution in [0.4, 0.5) is 4.79 Å². The van der Waals surface area contributed by atoms with Gasteiger partial charge in [-0.15, -0.1) is 11.8 Å². The Morgan fingerprint density at radius 1 is 1.04 bits per heavy atom. The molecule has 1 N–H and O–H groups in total. The molecule has 1 fully saturated rings. The predicted octanol–water partition coefficient (Wildman–Crippen LogP) is 2.67. The second-order valence-corrected chi connectivity index (χ2v) is 6.85. The highest BCUT2D eigenvalue weighted by atomic mass is 32.2. The van der Waals surface area contributed by atoms with Gasteiger partial charge in [-0.1, -0.05) is 0 Å². The Kier molecular flexibility index (Phi) is 6.33. The van der Waals surface area contributed by atoms with Crippen LogP contribution in [0.25, 0.3) is 0 Å². The number of hydrogen-bond acceptors (Lipinski definition) is 3. The largest absolute Gasteiger partial charge is 0.337 e. The monoisotopic (exact) mass is 335 g/mol. The van der Waals surface area contributed by atoms with E-state index in [2.05, 4.69) is 5.32 Å². The van der Waals surface area contributed by atoms with Crippen molar-refractivity contribution >= 4 is 23.7 Å². The first-order valence-electron chi connectivity index (χ1n) is 8.00. The first-order valence-corrected chi connectivity index (χ1v) is 9.22. The van der Waals surface area contributed by atoms with Gasteiger partial charge in [0.15, 0.2) is 0 Å². The van der Waals surface area contributed by atoms with Crippen molar-refractivity contribution in [1.82, 2.24) is 15.1 Å². The van der Waals surface area contributed by atoms with E-state index in [4.69, 9.17) is 0 Å². The number of hydrogen-bond donors (Lipinski definition) is 1. The number of rotatable bonds is 3. The summed E-state index contributed by atoms with van der Waals surface area (Å²) in [6.45, 7) is 6.43.